The van der Waals surface area contributed by atoms with Crippen molar-refractivity contribution in [2.45, 2.75) is 32.2 Å². The standard InChI is InChI=1S/C14H20N4O2/c1-9-16-6-10(12(17-9)20-2)13(19)18-7-11(15)14(8-18)4-3-5-14/h6,11H,3-5,7-8,15H2,1-2H3. The number of amides is 1. The quantitative estimate of drug-likeness (QED) is 0.862. The summed E-state index contributed by atoms with van der Waals surface area (Å²) >= 11 is 0. The maximum Gasteiger partial charge on any atom is 0.261 e. The molecule has 108 valence electrons. The number of ether oxygens (including phenoxy) is 1. The molecule has 1 amide bonds. The van der Waals surface area contributed by atoms with Gasteiger partial charge in [-0.2, -0.15) is 4.98 Å². The highest BCUT2D eigenvalue weighted by atomic mass is 16.5. The van der Waals surface area contributed by atoms with Gasteiger partial charge in [0, 0.05) is 30.7 Å². The third kappa shape index (κ3) is 1.95. The van der Waals surface area contributed by atoms with Crippen molar-refractivity contribution in [1.82, 2.24) is 14.9 Å². The summed E-state index contributed by atoms with van der Waals surface area (Å²) in [5.41, 5.74) is 6.79. The van der Waals surface area contributed by atoms with Gasteiger partial charge < -0.3 is 15.4 Å². The van der Waals surface area contributed by atoms with Gasteiger partial charge in [-0.3, -0.25) is 4.79 Å². The van der Waals surface area contributed by atoms with Gasteiger partial charge in [0.15, 0.2) is 0 Å². The van der Waals surface area contributed by atoms with E-state index in [4.69, 9.17) is 10.5 Å². The summed E-state index contributed by atoms with van der Waals surface area (Å²) in [4.78, 5) is 22.7. The van der Waals surface area contributed by atoms with Crippen LogP contribution in [0.3, 0.4) is 0 Å². The van der Waals surface area contributed by atoms with Crippen LogP contribution in [0.15, 0.2) is 6.20 Å². The third-order valence-electron chi connectivity index (χ3n) is 4.64. The van der Waals surface area contributed by atoms with E-state index in [1.807, 2.05) is 4.90 Å². The van der Waals surface area contributed by atoms with Gasteiger partial charge in [-0.25, -0.2) is 4.98 Å². The summed E-state index contributed by atoms with van der Waals surface area (Å²) in [6.45, 7) is 3.12. The minimum absolute atomic E-state index is 0.0811. The molecule has 20 heavy (non-hydrogen) atoms. The van der Waals surface area contributed by atoms with E-state index in [-0.39, 0.29) is 17.4 Å². The summed E-state index contributed by atoms with van der Waals surface area (Å²) in [6, 6.07) is 0.0811. The van der Waals surface area contributed by atoms with E-state index in [0.717, 1.165) is 19.4 Å². The van der Waals surface area contributed by atoms with Gasteiger partial charge >= 0.3 is 0 Å². The molecule has 1 unspecified atom stereocenters. The second kappa shape index (κ2) is 4.70. The molecule has 0 aromatic carbocycles. The number of aromatic nitrogens is 2. The van der Waals surface area contributed by atoms with Crippen molar-refractivity contribution >= 4 is 5.91 Å². The summed E-state index contributed by atoms with van der Waals surface area (Å²) in [5, 5.41) is 0. The molecule has 0 bridgehead atoms. The Morgan fingerprint density at radius 2 is 2.30 bits per heavy atom. The topological polar surface area (TPSA) is 81.3 Å². The first-order valence-electron chi connectivity index (χ1n) is 6.98. The zero-order chi connectivity index (χ0) is 14.3. The molecular formula is C14H20N4O2. The second-order valence-corrected chi connectivity index (χ2v) is 5.85. The van der Waals surface area contributed by atoms with Crippen LogP contribution in [0, 0.1) is 12.3 Å². The Bertz CT molecular complexity index is 542. The molecule has 1 aliphatic carbocycles. The third-order valence-corrected chi connectivity index (χ3v) is 4.64. The van der Waals surface area contributed by atoms with E-state index in [1.165, 1.54) is 13.5 Å². The molecule has 2 N–H and O–H groups in total. The summed E-state index contributed by atoms with van der Waals surface area (Å²) in [6.07, 6.45) is 5.01. The van der Waals surface area contributed by atoms with Crippen LogP contribution in [0.1, 0.15) is 35.4 Å². The fraction of sp³-hybridized carbons (Fsp3) is 0.643. The minimum Gasteiger partial charge on any atom is -0.480 e. The first-order chi connectivity index (χ1) is 9.55. The van der Waals surface area contributed by atoms with Crippen LogP contribution in [0.5, 0.6) is 5.88 Å². The Hall–Kier alpha value is -1.69. The fourth-order valence-corrected chi connectivity index (χ4v) is 3.23. The fourth-order valence-electron chi connectivity index (χ4n) is 3.23. The monoisotopic (exact) mass is 276 g/mol. The molecule has 2 aliphatic rings. The number of hydrogen-bond donors (Lipinski definition) is 1. The van der Waals surface area contributed by atoms with Gasteiger partial charge in [0.1, 0.15) is 11.4 Å². The molecule has 1 aliphatic heterocycles. The average molecular weight is 276 g/mol. The number of nitrogens with two attached hydrogens (primary N) is 1. The highest BCUT2D eigenvalue weighted by Crippen LogP contribution is 2.47. The van der Waals surface area contributed by atoms with E-state index in [0.29, 0.717) is 23.8 Å². The van der Waals surface area contributed by atoms with Gasteiger partial charge in [-0.05, 0) is 19.8 Å². The number of methoxy groups -OCH3 is 1. The maximum absolute atomic E-state index is 12.6. The van der Waals surface area contributed by atoms with Crippen LogP contribution in [0.2, 0.25) is 0 Å². The van der Waals surface area contributed by atoms with E-state index >= 15 is 0 Å². The lowest BCUT2D eigenvalue weighted by Gasteiger charge is -2.41. The minimum atomic E-state index is -0.0823. The number of carbonyl (C=O) groups is 1. The van der Waals surface area contributed by atoms with Gasteiger partial charge in [0.25, 0.3) is 5.91 Å². The lowest BCUT2D eigenvalue weighted by Crippen LogP contribution is -2.45. The second-order valence-electron chi connectivity index (χ2n) is 5.85. The highest BCUT2D eigenvalue weighted by Gasteiger charge is 2.50. The SMILES string of the molecule is COc1nc(C)ncc1C(=O)N1CC(N)C2(CCC2)C1. The molecule has 1 aromatic rings. The van der Waals surface area contributed by atoms with Gasteiger partial charge in [0.05, 0.1) is 7.11 Å². The van der Waals surface area contributed by atoms with Crippen molar-refractivity contribution in [3.8, 4) is 5.88 Å². The predicted molar refractivity (Wildman–Crippen MR) is 73.5 cm³/mol. The summed E-state index contributed by atoms with van der Waals surface area (Å²) in [5.74, 6) is 0.846. The summed E-state index contributed by atoms with van der Waals surface area (Å²) < 4.78 is 5.20. The van der Waals surface area contributed by atoms with Crippen molar-refractivity contribution in [3.05, 3.63) is 17.6 Å². The Morgan fingerprint density at radius 3 is 2.85 bits per heavy atom. The van der Waals surface area contributed by atoms with E-state index < -0.39 is 0 Å². The molecule has 3 rings (SSSR count). The lowest BCUT2D eigenvalue weighted by molar-refractivity contribution is 0.0722. The van der Waals surface area contributed by atoms with Crippen LogP contribution in [0.4, 0.5) is 0 Å². The number of aryl methyl sites for hydroxylation is 1. The first-order valence-corrected chi connectivity index (χ1v) is 6.98. The van der Waals surface area contributed by atoms with Crippen molar-refractivity contribution in [2.24, 2.45) is 11.1 Å². The van der Waals surface area contributed by atoms with Gasteiger partial charge in [-0.15, -0.1) is 0 Å². The normalized spacial score (nSPS) is 23.8. The van der Waals surface area contributed by atoms with Crippen LogP contribution in [-0.4, -0.2) is 47.0 Å². The largest absolute Gasteiger partial charge is 0.480 e. The molecule has 1 spiro atoms. The zero-order valence-electron chi connectivity index (χ0n) is 11.9. The van der Waals surface area contributed by atoms with E-state index in [2.05, 4.69) is 9.97 Å². The Morgan fingerprint density at radius 1 is 1.55 bits per heavy atom. The van der Waals surface area contributed by atoms with Gasteiger partial charge in [0.2, 0.25) is 5.88 Å². The first kappa shape index (κ1) is 13.3. The van der Waals surface area contributed by atoms with Crippen LogP contribution >= 0.6 is 0 Å². The Kier molecular flexibility index (Phi) is 3.12. The molecule has 1 aromatic heterocycles. The molecule has 6 heteroatoms. The number of rotatable bonds is 2. The Labute approximate surface area is 118 Å². The molecule has 1 saturated carbocycles. The predicted octanol–water partition coefficient (Wildman–Crippen LogP) is 0.747. The smallest absolute Gasteiger partial charge is 0.261 e. The van der Waals surface area contributed by atoms with Crippen molar-refractivity contribution in [2.75, 3.05) is 20.2 Å². The molecule has 1 saturated heterocycles. The number of hydrogen-bond acceptors (Lipinski definition) is 5. The molecule has 0 radical (unpaired) electrons. The van der Waals surface area contributed by atoms with Crippen LogP contribution < -0.4 is 10.5 Å². The number of likely N-dealkylation sites (tertiary alicyclic amines) is 1. The van der Waals surface area contributed by atoms with Crippen molar-refractivity contribution in [3.63, 3.8) is 0 Å². The molecule has 2 heterocycles. The molecular weight excluding hydrogens is 256 g/mol. The van der Waals surface area contributed by atoms with Crippen molar-refractivity contribution < 1.29 is 9.53 Å². The molecule has 2 fully saturated rings. The van der Waals surface area contributed by atoms with Crippen LogP contribution in [-0.2, 0) is 0 Å². The Balaban J connectivity index is 1.83. The molecule has 1 atom stereocenters. The van der Waals surface area contributed by atoms with Gasteiger partial charge in [-0.1, -0.05) is 6.42 Å². The van der Waals surface area contributed by atoms with Crippen LogP contribution in [0.25, 0.3) is 0 Å². The molecule has 6 nitrogen and oxygen atoms in total. The van der Waals surface area contributed by atoms with E-state index in [1.54, 1.807) is 13.1 Å². The van der Waals surface area contributed by atoms with Crippen molar-refractivity contribution in [1.29, 1.82) is 0 Å². The number of nitrogens with zero attached hydrogens (tertiary/aromatic N) is 3. The average Bonchev–Trinajstić information content (AvgIpc) is 2.75. The van der Waals surface area contributed by atoms with E-state index in [9.17, 15) is 4.79 Å². The summed E-state index contributed by atoms with van der Waals surface area (Å²) in [7, 11) is 1.52. The number of carbonyl (C=O) groups excluding carboxylic acids is 1. The zero-order valence-corrected chi connectivity index (χ0v) is 11.9. The maximum atomic E-state index is 12.6. The highest BCUT2D eigenvalue weighted by molar-refractivity contribution is 5.96. The lowest BCUT2D eigenvalue weighted by atomic mass is 9.66.